The number of carbonyl (C=O) groups is 1. The standard InChI is InChI=1S/C13H4N4O9/c18-13-6-4-5-2-1-3-7(14(19)20)8(5)9(6)10(15(21)22)11(16(23)24)12(13)17(25)26/h1-4H. The number of carbonyl (C=O) groups excluding carboxylic acids is 1. The molecule has 0 radical (unpaired) electrons. The van der Waals surface area contributed by atoms with E-state index in [2.05, 4.69) is 0 Å². The van der Waals surface area contributed by atoms with Crippen LogP contribution in [0.3, 0.4) is 0 Å². The molecule has 0 spiro atoms. The molecule has 0 heterocycles. The predicted octanol–water partition coefficient (Wildman–Crippen LogP) is 1.33. The van der Waals surface area contributed by atoms with E-state index in [1.807, 2.05) is 0 Å². The van der Waals surface area contributed by atoms with E-state index in [1.165, 1.54) is 12.1 Å². The number of fused-ring (bicyclic) bond motifs is 3. The Morgan fingerprint density at radius 1 is 0.731 bits per heavy atom. The van der Waals surface area contributed by atoms with E-state index in [0.717, 1.165) is 12.1 Å². The van der Waals surface area contributed by atoms with Gasteiger partial charge in [-0.1, -0.05) is 12.1 Å². The van der Waals surface area contributed by atoms with Gasteiger partial charge in [0, 0.05) is 11.6 Å². The number of nitrogens with zero attached hydrogens (tertiary/aromatic N) is 4. The zero-order valence-electron chi connectivity index (χ0n) is 12.3. The summed E-state index contributed by atoms with van der Waals surface area (Å²) in [5, 5.41) is 45.1. The van der Waals surface area contributed by atoms with Gasteiger partial charge < -0.3 is 0 Å². The fraction of sp³-hybridized carbons (Fsp3) is 0. The first kappa shape index (κ1) is 16.6. The molecule has 0 amide bonds. The van der Waals surface area contributed by atoms with E-state index >= 15 is 0 Å². The van der Waals surface area contributed by atoms with Crippen LogP contribution in [-0.2, 0) is 4.79 Å². The van der Waals surface area contributed by atoms with Crippen molar-refractivity contribution in [3.05, 3.63) is 92.4 Å². The lowest BCUT2D eigenvalue weighted by Crippen LogP contribution is -2.27. The summed E-state index contributed by atoms with van der Waals surface area (Å²) < 4.78 is 0. The van der Waals surface area contributed by atoms with Gasteiger partial charge in [0.2, 0.25) is 0 Å². The molecule has 0 aliphatic heterocycles. The number of benzene rings is 1. The molecule has 1 aromatic carbocycles. The fourth-order valence-electron chi connectivity index (χ4n) is 2.88. The number of nitro groups is 4. The summed E-state index contributed by atoms with van der Waals surface area (Å²) in [6.45, 7) is 0. The quantitative estimate of drug-likeness (QED) is 0.562. The first-order valence-electron chi connectivity index (χ1n) is 6.63. The largest absolute Gasteiger partial charge is 0.427 e. The van der Waals surface area contributed by atoms with Gasteiger partial charge >= 0.3 is 17.1 Å². The zero-order chi connectivity index (χ0) is 19.3. The van der Waals surface area contributed by atoms with Crippen LogP contribution in [0, 0.1) is 40.5 Å². The highest BCUT2D eigenvalue weighted by Crippen LogP contribution is 2.48. The Balaban J connectivity index is 2.53. The van der Waals surface area contributed by atoms with Gasteiger partial charge in [-0.2, -0.15) is 0 Å². The molecule has 2 aliphatic rings. The summed E-state index contributed by atoms with van der Waals surface area (Å²) in [4.78, 5) is 52.5. The van der Waals surface area contributed by atoms with Crippen LogP contribution in [0.2, 0.25) is 0 Å². The predicted molar refractivity (Wildman–Crippen MR) is 81.0 cm³/mol. The Labute approximate surface area is 141 Å². The van der Waals surface area contributed by atoms with Gasteiger partial charge in [0.1, 0.15) is 0 Å². The molecular formula is C13H4N4O9. The smallest absolute Gasteiger partial charge is 0.281 e. The number of hydrogen-bond donors (Lipinski definition) is 0. The molecule has 26 heavy (non-hydrogen) atoms. The van der Waals surface area contributed by atoms with Crippen molar-refractivity contribution in [2.24, 2.45) is 0 Å². The lowest BCUT2D eigenvalue weighted by atomic mass is 9.89. The minimum absolute atomic E-state index is 0.0178. The summed E-state index contributed by atoms with van der Waals surface area (Å²) in [6, 6.07) is 3.55. The van der Waals surface area contributed by atoms with Crippen LogP contribution in [-0.4, -0.2) is 25.5 Å². The Morgan fingerprint density at radius 3 is 1.81 bits per heavy atom. The number of rotatable bonds is 4. The summed E-state index contributed by atoms with van der Waals surface area (Å²) in [7, 11) is 0. The van der Waals surface area contributed by atoms with E-state index in [4.69, 9.17) is 0 Å². The minimum Gasteiger partial charge on any atom is -0.281 e. The SMILES string of the molecule is O=C1C2=Cc3cccc([N+](=O)[O-])c3C2=C([N+](=O)[O-])C([N+](=O)[O-])=C1[N+](=O)[O-]. The molecule has 1 aromatic rings. The average molecular weight is 360 g/mol. The molecule has 0 aromatic heterocycles. The molecule has 0 saturated carbocycles. The van der Waals surface area contributed by atoms with Crippen LogP contribution in [0.15, 0.2) is 40.9 Å². The van der Waals surface area contributed by atoms with Crippen molar-refractivity contribution in [2.45, 2.75) is 0 Å². The van der Waals surface area contributed by atoms with E-state index in [9.17, 15) is 45.3 Å². The molecule has 3 rings (SSSR count). The number of Topliss-reactive ketones (excluding diaryl/α,β-unsaturated/α-hetero) is 1. The number of hydrogen-bond acceptors (Lipinski definition) is 9. The summed E-state index contributed by atoms with van der Waals surface area (Å²) >= 11 is 0. The van der Waals surface area contributed by atoms with Crippen molar-refractivity contribution < 1.29 is 24.5 Å². The topological polar surface area (TPSA) is 190 Å². The van der Waals surface area contributed by atoms with Gasteiger partial charge in [0.15, 0.2) is 0 Å². The lowest BCUT2D eigenvalue weighted by Gasteiger charge is -2.11. The molecule has 0 bridgehead atoms. The van der Waals surface area contributed by atoms with Crippen LogP contribution in [0.25, 0.3) is 11.6 Å². The highest BCUT2D eigenvalue weighted by atomic mass is 16.7. The molecule has 13 nitrogen and oxygen atoms in total. The van der Waals surface area contributed by atoms with Crippen LogP contribution >= 0.6 is 0 Å². The molecular weight excluding hydrogens is 356 g/mol. The van der Waals surface area contributed by atoms with Crippen LogP contribution in [0.4, 0.5) is 5.69 Å². The number of nitro benzene ring substituents is 1. The maximum absolute atomic E-state index is 12.4. The second kappa shape index (κ2) is 5.37. The van der Waals surface area contributed by atoms with Crippen LogP contribution < -0.4 is 0 Å². The van der Waals surface area contributed by atoms with E-state index in [0.29, 0.717) is 0 Å². The maximum Gasteiger partial charge on any atom is 0.427 e. The summed E-state index contributed by atoms with van der Waals surface area (Å²) in [5.41, 5.74) is -6.71. The highest BCUT2D eigenvalue weighted by molar-refractivity contribution is 6.26. The van der Waals surface area contributed by atoms with Crippen LogP contribution in [0.1, 0.15) is 11.1 Å². The summed E-state index contributed by atoms with van der Waals surface area (Å²) in [6.07, 6.45) is 1.00. The Kier molecular flexibility index (Phi) is 3.42. The van der Waals surface area contributed by atoms with Crippen LogP contribution in [0.5, 0.6) is 0 Å². The third kappa shape index (κ3) is 2.07. The molecule has 0 atom stereocenters. The fourth-order valence-corrected chi connectivity index (χ4v) is 2.88. The van der Waals surface area contributed by atoms with Crippen molar-refractivity contribution in [3.63, 3.8) is 0 Å². The van der Waals surface area contributed by atoms with Gasteiger partial charge in [-0.05, 0) is 11.6 Å². The molecule has 0 fully saturated rings. The third-order valence-electron chi connectivity index (χ3n) is 3.78. The first-order chi connectivity index (χ1) is 12.2. The van der Waals surface area contributed by atoms with Gasteiger partial charge in [-0.3, -0.25) is 45.3 Å². The average Bonchev–Trinajstić information content (AvgIpc) is 2.93. The Morgan fingerprint density at radius 2 is 1.31 bits per heavy atom. The van der Waals surface area contributed by atoms with Gasteiger partial charge in [-0.25, -0.2) is 0 Å². The van der Waals surface area contributed by atoms with Crippen molar-refractivity contribution in [1.29, 1.82) is 0 Å². The Hall–Kier alpha value is -4.29. The second-order valence-corrected chi connectivity index (χ2v) is 5.08. The van der Waals surface area contributed by atoms with Crippen molar-refractivity contribution in [1.82, 2.24) is 0 Å². The Bertz CT molecular complexity index is 1060. The molecule has 13 heteroatoms. The molecule has 0 saturated heterocycles. The molecule has 0 unspecified atom stereocenters. The van der Waals surface area contributed by atoms with Crippen molar-refractivity contribution in [2.75, 3.05) is 0 Å². The lowest BCUT2D eigenvalue weighted by molar-refractivity contribution is -0.498. The van der Waals surface area contributed by atoms with Gasteiger partial charge in [0.25, 0.3) is 11.5 Å². The number of ketones is 1. The van der Waals surface area contributed by atoms with Gasteiger partial charge in [0.05, 0.1) is 30.8 Å². The molecule has 2 aliphatic carbocycles. The first-order valence-corrected chi connectivity index (χ1v) is 6.63. The number of allylic oxidation sites excluding steroid dienone is 2. The van der Waals surface area contributed by atoms with Crippen molar-refractivity contribution in [3.8, 4) is 0 Å². The molecule has 130 valence electrons. The normalized spacial score (nSPS) is 15.4. The summed E-state index contributed by atoms with van der Waals surface area (Å²) in [5.74, 6) is -1.42. The maximum atomic E-state index is 12.4. The zero-order valence-corrected chi connectivity index (χ0v) is 12.3. The minimum atomic E-state index is -1.61. The molecule has 0 N–H and O–H groups in total. The van der Waals surface area contributed by atoms with E-state index in [1.54, 1.807) is 0 Å². The second-order valence-electron chi connectivity index (χ2n) is 5.08. The monoisotopic (exact) mass is 360 g/mol. The van der Waals surface area contributed by atoms with Crippen molar-refractivity contribution >= 4 is 23.1 Å². The van der Waals surface area contributed by atoms with E-state index < -0.39 is 59.4 Å². The van der Waals surface area contributed by atoms with Gasteiger partial charge in [-0.15, -0.1) is 0 Å². The third-order valence-corrected chi connectivity index (χ3v) is 3.78. The highest BCUT2D eigenvalue weighted by Gasteiger charge is 2.55. The van der Waals surface area contributed by atoms with E-state index in [-0.39, 0.29) is 11.1 Å².